The molecule has 9 aromatic carbocycles. The average Bonchev–Trinajstić information content (AvgIpc) is 2.37. The Kier molecular flexibility index (Phi) is 13.6. The number of furan rings is 1. The number of benzene rings is 9. The van der Waals surface area contributed by atoms with Crippen LogP contribution < -0.4 is 5.19 Å². The van der Waals surface area contributed by atoms with E-state index in [1.54, 1.807) is 0 Å². The summed E-state index contributed by atoms with van der Waals surface area (Å²) in [5.41, 5.74) is 18.3. The van der Waals surface area contributed by atoms with Crippen LogP contribution >= 0.6 is 0 Å². The van der Waals surface area contributed by atoms with E-state index >= 15 is 0 Å². The zero-order chi connectivity index (χ0) is 57.2. The van der Waals surface area contributed by atoms with E-state index in [4.69, 9.17) is 14.4 Å². The first-order chi connectivity index (χ1) is 39.1. The smallest absolute Gasteiger partial charge is 0.148 e. The Morgan fingerprint density at radius 3 is 1.83 bits per heavy atom. The molecule has 1 N–H and O–H groups in total. The summed E-state index contributed by atoms with van der Waals surface area (Å²) in [7, 11) is -1.43. The maximum atomic E-state index is 12.8. The van der Waals surface area contributed by atoms with Gasteiger partial charge in [0.25, 0.3) is 0 Å². The number of fused-ring (bicyclic) bond motifs is 7. The van der Waals surface area contributed by atoms with Gasteiger partial charge in [-0.2, -0.15) is 0 Å². The first-order valence-electron chi connectivity index (χ1n) is 28.7. The predicted molar refractivity (Wildman–Crippen MR) is 347 cm³/mol. The van der Waals surface area contributed by atoms with E-state index in [0.717, 1.165) is 105 Å². The summed E-state index contributed by atoms with van der Waals surface area (Å²) in [6.45, 7) is 27.2. The molecular weight excluding hydrogens is 1210 g/mol. The Morgan fingerprint density at radius 1 is 0.506 bits per heavy atom. The summed E-state index contributed by atoms with van der Waals surface area (Å²) in [6.07, 6.45) is 2.01. The van der Waals surface area contributed by atoms with Crippen molar-refractivity contribution in [3.63, 3.8) is 0 Å². The summed E-state index contributed by atoms with van der Waals surface area (Å²) >= 11 is 0. The number of para-hydroxylation sites is 3. The largest absolute Gasteiger partial charge is 0.507 e. The molecule has 83 heavy (non-hydrogen) atoms. The second-order valence-corrected chi connectivity index (χ2v) is 31.5. The zero-order valence-electron chi connectivity index (χ0n) is 49.4. The Balaban J connectivity index is 0.00000680. The van der Waals surface area contributed by atoms with Gasteiger partial charge in [0.1, 0.15) is 17.2 Å². The van der Waals surface area contributed by atoms with Gasteiger partial charge >= 0.3 is 0 Å². The second kappa shape index (κ2) is 20.4. The number of imidazole rings is 1. The third kappa shape index (κ3) is 9.76. The Morgan fingerprint density at radius 2 is 1.14 bits per heavy atom. The van der Waals surface area contributed by atoms with Crippen molar-refractivity contribution in [2.75, 3.05) is 0 Å². The standard InChI is InChI=1S/C75H69N4O2Si.Pt/c1-73(2,3)50-33-38-65(57(41-50)48-21-14-13-15-22-48)79-66-27-20-25-54(69(66)77-72(79)60-42-51(74(4,5)6)43-62(70(60)80)75(7,8)9)49-39-58-56-24-17-19-28-68(56)81-71(58)59(40-49)63-44-67-61(45-76-63)55-23-16-18-26-64(55)78(67)52-34-29-46(30-35-52)47-31-36-53(37-32-47)82(10,11)12;/h13-39,41-45,80H,1-12H3;/q-1;. The number of aromatic nitrogens is 4. The minimum atomic E-state index is -1.43. The van der Waals surface area contributed by atoms with Gasteiger partial charge in [-0.3, -0.25) is 9.55 Å². The number of rotatable bonds is 8. The molecule has 0 aliphatic carbocycles. The minimum absolute atomic E-state index is 0. The van der Waals surface area contributed by atoms with Crippen molar-refractivity contribution in [2.45, 2.75) is 98.2 Å². The van der Waals surface area contributed by atoms with Gasteiger partial charge in [0.05, 0.1) is 47.0 Å². The van der Waals surface area contributed by atoms with Gasteiger partial charge in [-0.15, -0.1) is 17.7 Å². The van der Waals surface area contributed by atoms with Gasteiger partial charge in [-0.25, -0.2) is 4.98 Å². The van der Waals surface area contributed by atoms with E-state index in [-0.39, 0.29) is 43.1 Å². The topological polar surface area (TPSA) is 69.0 Å². The maximum absolute atomic E-state index is 12.8. The van der Waals surface area contributed by atoms with E-state index < -0.39 is 8.07 Å². The number of pyridine rings is 1. The van der Waals surface area contributed by atoms with Crippen molar-refractivity contribution in [3.05, 3.63) is 217 Å². The van der Waals surface area contributed by atoms with E-state index in [1.807, 2.05) is 18.3 Å². The molecule has 0 saturated heterocycles. The quantitative estimate of drug-likeness (QED) is 0.122. The van der Waals surface area contributed by atoms with E-state index in [1.165, 1.54) is 21.9 Å². The number of phenols is 1. The van der Waals surface area contributed by atoms with Gasteiger partial charge in [0.2, 0.25) is 0 Å². The summed E-state index contributed by atoms with van der Waals surface area (Å²) in [4.78, 5) is 11.1. The average molecular weight is 1280 g/mol. The Hall–Kier alpha value is -8.09. The number of nitrogens with zero attached hydrogens (tertiary/aromatic N) is 4. The Labute approximate surface area is 502 Å². The molecule has 416 valence electrons. The van der Waals surface area contributed by atoms with E-state index in [2.05, 4.69) is 273 Å². The molecule has 0 spiro atoms. The molecule has 0 aliphatic rings. The second-order valence-electron chi connectivity index (χ2n) is 26.4. The molecule has 8 heteroatoms. The molecule has 0 aliphatic heterocycles. The third-order valence-electron chi connectivity index (χ3n) is 16.6. The van der Waals surface area contributed by atoms with E-state index in [0.29, 0.717) is 17.0 Å². The normalized spacial score (nSPS) is 12.5. The molecule has 0 unspecified atom stereocenters. The van der Waals surface area contributed by atoms with Crippen molar-refractivity contribution >= 4 is 68.0 Å². The van der Waals surface area contributed by atoms with Crippen LogP contribution in [0.4, 0.5) is 0 Å². The molecule has 13 rings (SSSR count). The molecule has 4 heterocycles. The molecule has 0 atom stereocenters. The van der Waals surface area contributed by atoms with Crippen LogP contribution in [-0.2, 0) is 37.3 Å². The fourth-order valence-corrected chi connectivity index (χ4v) is 13.1. The SMILES string of the molecule is CC(C)(C)c1ccc(-n2c(-c3cc(C(C)(C)C)cc(C(C)(C)C)c3O)nc3c(-c4[c-]c(-c5cc6c(cn5)c5ccccc5n6-c5ccc(-c6ccc([Si](C)(C)C)cc6)cc5)c5oc6ccccc6c5c4)cccc32)c(-c2ccccc2)c1.[Pt]. The summed E-state index contributed by atoms with van der Waals surface area (Å²) in [5.74, 6) is 0.883. The van der Waals surface area contributed by atoms with Crippen LogP contribution in [0, 0.1) is 6.07 Å². The van der Waals surface area contributed by atoms with Crippen LogP contribution in [-0.4, -0.2) is 32.3 Å². The number of phenolic OH excluding ortho intramolecular Hbond substituents is 1. The molecule has 4 aromatic heterocycles. The van der Waals surface area contributed by atoms with Crippen LogP contribution in [0.5, 0.6) is 5.75 Å². The molecule has 0 fully saturated rings. The summed E-state index contributed by atoms with van der Waals surface area (Å²) in [6, 6.07) is 71.5. The first-order valence-corrected chi connectivity index (χ1v) is 32.2. The van der Waals surface area contributed by atoms with Gasteiger partial charge in [0, 0.05) is 65.9 Å². The number of hydrogen-bond acceptors (Lipinski definition) is 4. The molecule has 0 amide bonds. The molecule has 6 nitrogen and oxygen atoms in total. The van der Waals surface area contributed by atoms with Crippen LogP contribution in [0.25, 0.3) is 122 Å². The predicted octanol–water partition coefficient (Wildman–Crippen LogP) is 19.7. The Bertz CT molecular complexity index is 4650. The van der Waals surface area contributed by atoms with Gasteiger partial charge in [-0.05, 0) is 104 Å². The molecule has 0 radical (unpaired) electrons. The number of hydrogen-bond donors (Lipinski definition) is 1. The van der Waals surface area contributed by atoms with Crippen LogP contribution in [0.1, 0.15) is 79.0 Å². The summed E-state index contributed by atoms with van der Waals surface area (Å²) < 4.78 is 11.5. The van der Waals surface area contributed by atoms with Crippen molar-refractivity contribution in [1.82, 2.24) is 19.1 Å². The van der Waals surface area contributed by atoms with Crippen LogP contribution in [0.3, 0.4) is 0 Å². The zero-order valence-corrected chi connectivity index (χ0v) is 52.7. The molecular formula is C75H69N4O2PtSi-. The van der Waals surface area contributed by atoms with Crippen LogP contribution in [0.2, 0.25) is 19.6 Å². The molecule has 0 bridgehead atoms. The van der Waals surface area contributed by atoms with Crippen LogP contribution in [0.15, 0.2) is 199 Å². The maximum Gasteiger partial charge on any atom is 0.148 e. The minimum Gasteiger partial charge on any atom is -0.507 e. The van der Waals surface area contributed by atoms with Crippen molar-refractivity contribution < 1.29 is 30.6 Å². The van der Waals surface area contributed by atoms with Gasteiger partial charge in [-0.1, -0.05) is 226 Å². The van der Waals surface area contributed by atoms with Gasteiger partial charge in [0.15, 0.2) is 0 Å². The van der Waals surface area contributed by atoms with Crippen molar-refractivity contribution in [2.24, 2.45) is 0 Å². The summed E-state index contributed by atoms with van der Waals surface area (Å²) in [5, 5.41) is 18.4. The van der Waals surface area contributed by atoms with Crippen molar-refractivity contribution in [1.29, 1.82) is 0 Å². The van der Waals surface area contributed by atoms with Crippen molar-refractivity contribution in [3.8, 4) is 73.2 Å². The first kappa shape index (κ1) is 55.4. The fourth-order valence-electron chi connectivity index (χ4n) is 11.9. The number of aromatic hydroxyl groups is 1. The fraction of sp³-hybridized carbons (Fsp3) is 0.200. The monoisotopic (exact) mass is 1280 g/mol. The molecule has 0 saturated carbocycles. The molecule has 13 aromatic rings. The van der Waals surface area contributed by atoms with E-state index in [9.17, 15) is 5.11 Å². The van der Waals surface area contributed by atoms with Gasteiger partial charge < -0.3 is 14.1 Å². The third-order valence-corrected chi connectivity index (χ3v) is 18.7.